The maximum absolute atomic E-state index is 9.61. The predicted molar refractivity (Wildman–Crippen MR) is 72.8 cm³/mol. The summed E-state index contributed by atoms with van der Waals surface area (Å²) >= 11 is 0. The van der Waals surface area contributed by atoms with Crippen molar-refractivity contribution >= 4 is 0 Å². The number of hydrogen-bond donors (Lipinski definition) is 2. The van der Waals surface area contributed by atoms with Crippen LogP contribution >= 0.6 is 0 Å². The number of ether oxygens (including phenoxy) is 2. The highest BCUT2D eigenvalue weighted by Crippen LogP contribution is 2.19. The molecule has 0 bridgehead atoms. The van der Waals surface area contributed by atoms with Gasteiger partial charge in [-0.15, -0.1) is 0 Å². The van der Waals surface area contributed by atoms with Crippen molar-refractivity contribution < 1.29 is 14.6 Å². The molecule has 108 valence electrons. The second-order valence-corrected chi connectivity index (χ2v) is 5.55. The van der Waals surface area contributed by atoms with E-state index in [0.717, 1.165) is 45.5 Å². The van der Waals surface area contributed by atoms with Crippen LogP contribution in [0.4, 0.5) is 0 Å². The number of nitrogens with one attached hydrogen (secondary N) is 1. The van der Waals surface area contributed by atoms with E-state index < -0.39 is 0 Å². The molecule has 1 heterocycles. The van der Waals surface area contributed by atoms with E-state index in [1.165, 1.54) is 0 Å². The first-order valence-electron chi connectivity index (χ1n) is 7.20. The van der Waals surface area contributed by atoms with Gasteiger partial charge >= 0.3 is 0 Å². The Hall–Kier alpha value is -0.160. The Kier molecular flexibility index (Phi) is 7.15. The highest BCUT2D eigenvalue weighted by atomic mass is 16.5. The highest BCUT2D eigenvalue weighted by molar-refractivity contribution is 4.87. The van der Waals surface area contributed by atoms with E-state index in [-0.39, 0.29) is 18.2 Å². The van der Waals surface area contributed by atoms with Crippen LogP contribution in [0.5, 0.6) is 0 Å². The van der Waals surface area contributed by atoms with Gasteiger partial charge in [0, 0.05) is 24.8 Å². The summed E-state index contributed by atoms with van der Waals surface area (Å²) in [7, 11) is 0. The fourth-order valence-electron chi connectivity index (χ4n) is 2.50. The Balaban J connectivity index is 2.23. The molecular formula is C14H29NO3. The van der Waals surface area contributed by atoms with Crippen LogP contribution in [0.25, 0.3) is 0 Å². The number of aliphatic hydroxyl groups excluding tert-OH is 1. The van der Waals surface area contributed by atoms with Crippen molar-refractivity contribution in [2.24, 2.45) is 0 Å². The molecule has 0 saturated carbocycles. The van der Waals surface area contributed by atoms with Gasteiger partial charge in [-0.25, -0.2) is 0 Å². The lowest BCUT2D eigenvalue weighted by Gasteiger charge is -2.34. The molecule has 2 N–H and O–H groups in total. The minimum Gasteiger partial charge on any atom is -0.394 e. The molecule has 0 aromatic heterocycles. The van der Waals surface area contributed by atoms with Gasteiger partial charge in [0.25, 0.3) is 0 Å². The summed E-state index contributed by atoms with van der Waals surface area (Å²) < 4.78 is 11.0. The van der Waals surface area contributed by atoms with E-state index >= 15 is 0 Å². The molecule has 1 rings (SSSR count). The summed E-state index contributed by atoms with van der Waals surface area (Å²) in [5.41, 5.74) is -0.149. The van der Waals surface area contributed by atoms with Gasteiger partial charge in [0.2, 0.25) is 0 Å². The molecular weight excluding hydrogens is 230 g/mol. The predicted octanol–water partition coefficient (Wildman–Crippen LogP) is 1.71. The summed E-state index contributed by atoms with van der Waals surface area (Å²) in [5.74, 6) is 0. The largest absolute Gasteiger partial charge is 0.394 e. The first-order chi connectivity index (χ1) is 8.62. The van der Waals surface area contributed by atoms with Crippen LogP contribution in [-0.4, -0.2) is 49.2 Å². The second-order valence-electron chi connectivity index (χ2n) is 5.55. The third-order valence-electron chi connectivity index (χ3n) is 3.62. The Morgan fingerprint density at radius 3 is 2.78 bits per heavy atom. The van der Waals surface area contributed by atoms with Crippen LogP contribution in [0, 0.1) is 0 Å². The van der Waals surface area contributed by atoms with Crippen LogP contribution in [0.1, 0.15) is 46.5 Å². The van der Waals surface area contributed by atoms with E-state index in [2.05, 4.69) is 26.1 Å². The Bertz CT molecular complexity index is 211. The Morgan fingerprint density at radius 2 is 2.28 bits per heavy atom. The van der Waals surface area contributed by atoms with Crippen molar-refractivity contribution in [3.63, 3.8) is 0 Å². The van der Waals surface area contributed by atoms with E-state index in [0.29, 0.717) is 6.04 Å². The van der Waals surface area contributed by atoms with Crippen molar-refractivity contribution in [1.29, 1.82) is 0 Å². The zero-order valence-electron chi connectivity index (χ0n) is 12.1. The molecule has 0 radical (unpaired) electrons. The number of aliphatic hydroxyl groups is 1. The molecule has 2 atom stereocenters. The minimum atomic E-state index is -0.149. The fraction of sp³-hybridized carbons (Fsp3) is 1.00. The molecule has 0 aromatic carbocycles. The third kappa shape index (κ3) is 5.22. The zero-order chi connectivity index (χ0) is 13.4. The average molecular weight is 259 g/mol. The molecule has 0 aliphatic carbocycles. The second kappa shape index (κ2) is 8.10. The first-order valence-corrected chi connectivity index (χ1v) is 7.20. The number of rotatable bonds is 9. The molecule has 18 heavy (non-hydrogen) atoms. The SMILES string of the molecule is CCC(CO)(CCCOC1CCOC1)NC(C)C. The van der Waals surface area contributed by atoms with Crippen molar-refractivity contribution in [3.8, 4) is 0 Å². The van der Waals surface area contributed by atoms with Gasteiger partial charge in [-0.1, -0.05) is 20.8 Å². The van der Waals surface area contributed by atoms with Crippen LogP contribution in [0.15, 0.2) is 0 Å². The molecule has 4 nitrogen and oxygen atoms in total. The van der Waals surface area contributed by atoms with E-state index in [1.807, 2.05) is 0 Å². The Morgan fingerprint density at radius 1 is 1.50 bits per heavy atom. The maximum Gasteiger partial charge on any atom is 0.0830 e. The van der Waals surface area contributed by atoms with Gasteiger partial charge in [0.1, 0.15) is 0 Å². The van der Waals surface area contributed by atoms with Crippen molar-refractivity contribution in [2.45, 2.75) is 64.1 Å². The van der Waals surface area contributed by atoms with E-state index in [4.69, 9.17) is 9.47 Å². The van der Waals surface area contributed by atoms with Crippen molar-refractivity contribution in [2.75, 3.05) is 26.4 Å². The highest BCUT2D eigenvalue weighted by Gasteiger charge is 2.27. The topological polar surface area (TPSA) is 50.7 Å². The summed E-state index contributed by atoms with van der Waals surface area (Å²) in [6.07, 6.45) is 4.17. The molecule has 0 aromatic rings. The van der Waals surface area contributed by atoms with Crippen LogP contribution in [0.2, 0.25) is 0 Å². The van der Waals surface area contributed by atoms with Gasteiger partial charge in [0.05, 0.1) is 19.3 Å². The molecule has 1 fully saturated rings. The van der Waals surface area contributed by atoms with Gasteiger partial charge in [-0.3, -0.25) is 0 Å². The lowest BCUT2D eigenvalue weighted by molar-refractivity contribution is 0.0338. The van der Waals surface area contributed by atoms with Gasteiger partial charge in [-0.05, 0) is 25.7 Å². The molecule has 1 aliphatic rings. The van der Waals surface area contributed by atoms with Gasteiger partial charge in [0.15, 0.2) is 0 Å². The average Bonchev–Trinajstić information content (AvgIpc) is 2.85. The van der Waals surface area contributed by atoms with Crippen LogP contribution < -0.4 is 5.32 Å². The minimum absolute atomic E-state index is 0.149. The van der Waals surface area contributed by atoms with Crippen LogP contribution in [-0.2, 0) is 9.47 Å². The van der Waals surface area contributed by atoms with E-state index in [9.17, 15) is 5.11 Å². The fourth-order valence-corrected chi connectivity index (χ4v) is 2.50. The van der Waals surface area contributed by atoms with E-state index in [1.54, 1.807) is 0 Å². The molecule has 0 amide bonds. The summed E-state index contributed by atoms with van der Waals surface area (Å²) in [6, 6.07) is 0.390. The first kappa shape index (κ1) is 15.9. The Labute approximate surface area is 111 Å². The van der Waals surface area contributed by atoms with Gasteiger partial charge in [-0.2, -0.15) is 0 Å². The summed E-state index contributed by atoms with van der Waals surface area (Å²) in [4.78, 5) is 0. The molecule has 1 aliphatic heterocycles. The van der Waals surface area contributed by atoms with Crippen molar-refractivity contribution in [3.05, 3.63) is 0 Å². The summed E-state index contributed by atoms with van der Waals surface area (Å²) in [6.45, 7) is 8.87. The zero-order valence-corrected chi connectivity index (χ0v) is 12.1. The van der Waals surface area contributed by atoms with Crippen LogP contribution in [0.3, 0.4) is 0 Å². The maximum atomic E-state index is 9.61. The standard InChI is InChI=1S/C14H29NO3/c1-4-14(11-16,15-12(2)3)7-5-8-18-13-6-9-17-10-13/h12-13,15-16H,4-11H2,1-3H3. The van der Waals surface area contributed by atoms with Gasteiger partial charge < -0.3 is 19.9 Å². The molecule has 1 saturated heterocycles. The smallest absolute Gasteiger partial charge is 0.0830 e. The molecule has 2 unspecified atom stereocenters. The van der Waals surface area contributed by atoms with Crippen molar-refractivity contribution in [1.82, 2.24) is 5.32 Å². The molecule has 0 spiro atoms. The quantitative estimate of drug-likeness (QED) is 0.619. The monoisotopic (exact) mass is 259 g/mol. The normalized spacial score (nSPS) is 23.5. The number of hydrogen-bond acceptors (Lipinski definition) is 4. The summed E-state index contributed by atoms with van der Waals surface area (Å²) in [5, 5.41) is 13.1. The third-order valence-corrected chi connectivity index (χ3v) is 3.62. The lowest BCUT2D eigenvalue weighted by atomic mass is 9.90. The molecule has 4 heteroatoms. The lowest BCUT2D eigenvalue weighted by Crippen LogP contribution is -2.51.